The minimum absolute atomic E-state index is 0.0970. The maximum absolute atomic E-state index is 12.7. The Morgan fingerprint density at radius 2 is 1.65 bits per heavy atom. The third-order valence-electron chi connectivity index (χ3n) is 8.48. The molecule has 0 aliphatic heterocycles. The quantitative estimate of drug-likeness (QED) is 0.107. The molecule has 2 heterocycles. The van der Waals surface area contributed by atoms with E-state index < -0.39 is 8.32 Å². The monoisotopic (exact) mass is 645 g/mol. The number of hydrogen-bond acceptors (Lipinski definition) is 9. The van der Waals surface area contributed by atoms with Crippen LogP contribution >= 0.6 is 0 Å². The molecule has 2 aromatic carbocycles. The van der Waals surface area contributed by atoms with Crippen LogP contribution in [0.2, 0.25) is 18.1 Å². The van der Waals surface area contributed by atoms with Gasteiger partial charge in [0.1, 0.15) is 17.2 Å². The predicted octanol–water partition coefficient (Wildman–Crippen LogP) is 6.76. The summed E-state index contributed by atoms with van der Waals surface area (Å²) in [6.07, 6.45) is 5.70. The van der Waals surface area contributed by atoms with Crippen LogP contribution in [-0.2, 0) is 4.43 Å². The third-order valence-corrected chi connectivity index (χ3v) is 13.0. The summed E-state index contributed by atoms with van der Waals surface area (Å²) in [5.74, 6) is 1.14. The van der Waals surface area contributed by atoms with E-state index in [2.05, 4.69) is 54.0 Å². The largest absolute Gasteiger partial charge is 0.497 e. The summed E-state index contributed by atoms with van der Waals surface area (Å²) in [7, 11) is 1.32. The van der Waals surface area contributed by atoms with Gasteiger partial charge in [0.2, 0.25) is 0 Å². The van der Waals surface area contributed by atoms with Crippen LogP contribution in [-0.4, -0.2) is 74.8 Å². The van der Waals surface area contributed by atoms with Crippen LogP contribution in [0.3, 0.4) is 0 Å². The van der Waals surface area contributed by atoms with Gasteiger partial charge in [-0.3, -0.25) is 14.8 Å². The topological polar surface area (TPSA) is 119 Å². The van der Waals surface area contributed by atoms with E-state index in [0.29, 0.717) is 48.1 Å². The molecule has 0 radical (unpaired) electrons. The zero-order valence-electron chi connectivity index (χ0n) is 28.1. The molecule has 2 N–H and O–H groups in total. The molecule has 0 fully saturated rings. The van der Waals surface area contributed by atoms with Gasteiger partial charge in [0.15, 0.2) is 8.32 Å². The minimum Gasteiger partial charge on any atom is -0.497 e. The summed E-state index contributed by atoms with van der Waals surface area (Å²) in [5, 5.41) is 12.0. The number of benzene rings is 2. The number of ether oxygens (including phenoxy) is 2. The van der Waals surface area contributed by atoms with Crippen molar-refractivity contribution in [2.24, 2.45) is 0 Å². The lowest BCUT2D eigenvalue weighted by Gasteiger charge is -2.37. The highest BCUT2D eigenvalue weighted by Crippen LogP contribution is 2.37. The Balaban J connectivity index is 1.65. The Kier molecular flexibility index (Phi) is 11.7. The number of aromatic nitrogens is 3. The molecule has 46 heavy (non-hydrogen) atoms. The molecule has 4 rings (SSSR count). The van der Waals surface area contributed by atoms with Crippen LogP contribution in [0, 0.1) is 0 Å². The van der Waals surface area contributed by atoms with E-state index in [1.807, 2.05) is 42.5 Å². The van der Waals surface area contributed by atoms with E-state index in [-0.39, 0.29) is 17.6 Å². The number of unbranched alkanes of at least 4 members (excludes halogenated alkanes) is 2. The molecule has 0 saturated heterocycles. The Morgan fingerprint density at radius 3 is 2.33 bits per heavy atom. The van der Waals surface area contributed by atoms with E-state index >= 15 is 0 Å². The van der Waals surface area contributed by atoms with Crippen molar-refractivity contribution in [3.8, 4) is 22.8 Å². The number of fused-ring (bicyclic) bond motifs is 1. The highest BCUT2D eigenvalue weighted by atomic mass is 28.4. The number of aliphatic hydroxyl groups is 1. The highest BCUT2D eigenvalue weighted by Gasteiger charge is 2.37. The van der Waals surface area contributed by atoms with Crippen molar-refractivity contribution >= 4 is 36.6 Å². The molecule has 0 bridgehead atoms. The average molecular weight is 646 g/mol. The first-order valence-electron chi connectivity index (χ1n) is 15.7. The number of methoxy groups -OCH3 is 2. The average Bonchev–Trinajstić information content (AvgIpc) is 3.05. The third kappa shape index (κ3) is 8.80. The molecule has 0 spiro atoms. The lowest BCUT2D eigenvalue weighted by Crippen LogP contribution is -2.42. The number of hydrogen-bond donors (Lipinski definition) is 2. The van der Waals surface area contributed by atoms with Crippen molar-refractivity contribution in [3.05, 3.63) is 66.6 Å². The summed E-state index contributed by atoms with van der Waals surface area (Å²) >= 11 is 0. The van der Waals surface area contributed by atoms with Crippen molar-refractivity contribution in [2.75, 3.05) is 45.4 Å². The van der Waals surface area contributed by atoms with Crippen molar-refractivity contribution in [3.63, 3.8) is 0 Å². The lowest BCUT2D eigenvalue weighted by atomic mass is 10.1. The maximum Gasteiger partial charge on any atom is 0.269 e. The highest BCUT2D eigenvalue weighted by molar-refractivity contribution is 6.74. The van der Waals surface area contributed by atoms with E-state index in [0.717, 1.165) is 41.7 Å². The molecule has 4 aromatic rings. The summed E-state index contributed by atoms with van der Waals surface area (Å²) in [6, 6.07) is 15.4. The zero-order chi connectivity index (χ0) is 33.3. The van der Waals surface area contributed by atoms with Crippen LogP contribution in [0.25, 0.3) is 22.3 Å². The van der Waals surface area contributed by atoms with Gasteiger partial charge in [-0.05, 0) is 67.7 Å². The van der Waals surface area contributed by atoms with Gasteiger partial charge in [-0.25, -0.2) is 4.98 Å². The van der Waals surface area contributed by atoms with E-state index in [9.17, 15) is 4.79 Å². The Hall–Kier alpha value is -4.06. The first kappa shape index (κ1) is 34.8. The van der Waals surface area contributed by atoms with Gasteiger partial charge >= 0.3 is 0 Å². The Labute approximate surface area is 273 Å². The number of carbonyl (C=O) groups excluding carboxylic acids is 1. The van der Waals surface area contributed by atoms with Gasteiger partial charge in [-0.1, -0.05) is 20.8 Å². The number of rotatable bonds is 15. The van der Waals surface area contributed by atoms with Crippen molar-refractivity contribution < 1.29 is 23.8 Å². The second-order valence-corrected chi connectivity index (χ2v) is 17.5. The molecule has 246 valence electrons. The van der Waals surface area contributed by atoms with Crippen molar-refractivity contribution in [1.82, 2.24) is 20.3 Å². The first-order chi connectivity index (χ1) is 22.0. The molecule has 0 aliphatic carbocycles. The van der Waals surface area contributed by atoms with E-state index in [4.69, 9.17) is 24.0 Å². The second-order valence-electron chi connectivity index (χ2n) is 12.7. The fourth-order valence-corrected chi connectivity index (χ4v) is 5.73. The SMILES string of the molecule is COc1cc(OC)cc(N(CCO[Si](C)(C)C(C)(C)C)c2ccc3ncc(-c4ccnc(C(=O)NCCCCCO)c4)nc3c2)c1. The van der Waals surface area contributed by atoms with Gasteiger partial charge in [0.05, 0.1) is 43.8 Å². The molecular weight excluding hydrogens is 599 g/mol. The van der Waals surface area contributed by atoms with Crippen LogP contribution in [0.5, 0.6) is 11.5 Å². The summed E-state index contributed by atoms with van der Waals surface area (Å²) in [4.78, 5) is 28.8. The predicted molar refractivity (Wildman–Crippen MR) is 186 cm³/mol. The van der Waals surface area contributed by atoms with Gasteiger partial charge in [-0.2, -0.15) is 0 Å². The number of carbonyl (C=O) groups is 1. The van der Waals surface area contributed by atoms with Crippen molar-refractivity contribution in [2.45, 2.75) is 58.2 Å². The molecule has 10 nitrogen and oxygen atoms in total. The van der Waals surface area contributed by atoms with Crippen molar-refractivity contribution in [1.29, 1.82) is 0 Å². The smallest absolute Gasteiger partial charge is 0.269 e. The van der Waals surface area contributed by atoms with Gasteiger partial charge < -0.3 is 29.2 Å². The van der Waals surface area contributed by atoms with Crippen LogP contribution in [0.15, 0.2) is 60.9 Å². The zero-order valence-corrected chi connectivity index (χ0v) is 29.1. The molecule has 2 aromatic heterocycles. The van der Waals surface area contributed by atoms with Gasteiger partial charge in [0.25, 0.3) is 5.91 Å². The Bertz CT molecular complexity index is 1600. The number of amides is 1. The summed E-state index contributed by atoms with van der Waals surface area (Å²) in [6.45, 7) is 13.1. The second kappa shape index (κ2) is 15.5. The fraction of sp³-hybridized carbons (Fsp3) is 0.429. The summed E-state index contributed by atoms with van der Waals surface area (Å²) < 4.78 is 17.8. The van der Waals surface area contributed by atoms with E-state index in [1.165, 1.54) is 0 Å². The number of pyridine rings is 1. The van der Waals surface area contributed by atoms with Crippen LogP contribution in [0.1, 0.15) is 50.5 Å². The number of nitrogens with one attached hydrogen (secondary N) is 1. The number of aliphatic hydroxyl groups excluding tert-OH is 1. The molecule has 0 atom stereocenters. The molecule has 0 saturated carbocycles. The van der Waals surface area contributed by atoms with Crippen LogP contribution < -0.4 is 19.7 Å². The van der Waals surface area contributed by atoms with Crippen LogP contribution in [0.4, 0.5) is 11.4 Å². The fourth-order valence-electron chi connectivity index (χ4n) is 4.69. The van der Waals surface area contributed by atoms with E-state index in [1.54, 1.807) is 32.7 Å². The maximum atomic E-state index is 12.7. The number of nitrogens with zero attached hydrogens (tertiary/aromatic N) is 4. The lowest BCUT2D eigenvalue weighted by molar-refractivity contribution is 0.0948. The molecule has 0 aliphatic rings. The molecule has 1 amide bonds. The molecular formula is C35H47N5O5Si. The Morgan fingerprint density at radius 1 is 0.913 bits per heavy atom. The molecule has 11 heteroatoms. The standard InChI is InChI=1S/C35H47N5O5Si/c1-35(2,3)46(6,7)45-18-16-40(27-20-28(43-4)23-29(21-27)44-5)26-11-12-30-31(22-26)39-33(24-38-30)25-13-15-36-32(19-25)34(42)37-14-9-8-10-17-41/h11-13,15,19-24,41H,8-10,14,16-18H2,1-7H3,(H,37,42). The number of anilines is 2. The summed E-state index contributed by atoms with van der Waals surface area (Å²) in [5.41, 5.74) is 4.99. The molecule has 0 unspecified atom stereocenters. The minimum atomic E-state index is -1.97. The normalized spacial score (nSPS) is 11.8. The van der Waals surface area contributed by atoms with Gasteiger partial charge in [0, 0.05) is 61.0 Å². The van der Waals surface area contributed by atoms with Gasteiger partial charge in [-0.15, -0.1) is 0 Å². The first-order valence-corrected chi connectivity index (χ1v) is 18.6.